The molecular formula is C13H16N2O. The number of rotatable bonds is 3. The molecule has 3 nitrogen and oxygen atoms in total. The molecule has 0 aliphatic carbocycles. The van der Waals surface area contributed by atoms with E-state index in [1.54, 1.807) is 0 Å². The van der Waals surface area contributed by atoms with Crippen LogP contribution in [0.5, 0.6) is 0 Å². The van der Waals surface area contributed by atoms with Crippen LogP contribution in [-0.4, -0.2) is 12.1 Å². The van der Waals surface area contributed by atoms with E-state index < -0.39 is 0 Å². The Bertz CT molecular complexity index is 436. The lowest BCUT2D eigenvalue weighted by Gasteiger charge is -2.08. The Morgan fingerprint density at radius 3 is 3.06 bits per heavy atom. The highest BCUT2D eigenvalue weighted by atomic mass is 16.1. The van der Waals surface area contributed by atoms with Crippen molar-refractivity contribution in [2.24, 2.45) is 10.9 Å². The molecule has 0 fully saturated rings. The van der Waals surface area contributed by atoms with E-state index in [-0.39, 0.29) is 11.8 Å². The predicted octanol–water partition coefficient (Wildman–Crippen LogP) is 2.22. The molecule has 1 aliphatic rings. The fraction of sp³-hybridized carbons (Fsp3) is 0.385. The molecule has 1 amide bonds. The predicted molar refractivity (Wildman–Crippen MR) is 65.0 cm³/mol. The molecule has 16 heavy (non-hydrogen) atoms. The van der Waals surface area contributed by atoms with Gasteiger partial charge in [0.05, 0.1) is 5.69 Å². The van der Waals surface area contributed by atoms with Crippen LogP contribution in [0.2, 0.25) is 0 Å². The molecule has 0 unspecified atom stereocenters. The number of nitrogens with one attached hydrogen (secondary N) is 1. The third-order valence-electron chi connectivity index (χ3n) is 2.68. The number of carbonyl (C=O) groups excluding carboxylic acids is 1. The van der Waals surface area contributed by atoms with E-state index in [1.165, 1.54) is 5.56 Å². The van der Waals surface area contributed by atoms with E-state index in [4.69, 9.17) is 0 Å². The highest BCUT2D eigenvalue weighted by Gasteiger charge is 2.09. The minimum Gasteiger partial charge on any atom is -0.352 e. The average molecular weight is 216 g/mol. The lowest BCUT2D eigenvalue weighted by atomic mass is 10.1. The van der Waals surface area contributed by atoms with Crippen molar-refractivity contribution in [2.75, 3.05) is 0 Å². The summed E-state index contributed by atoms with van der Waals surface area (Å²) in [6.45, 7) is 4.39. The summed E-state index contributed by atoms with van der Waals surface area (Å²) in [5.74, 6) is 0.134. The zero-order valence-corrected chi connectivity index (χ0v) is 9.66. The summed E-state index contributed by atoms with van der Waals surface area (Å²) in [5.41, 5.74) is 3.44. The molecule has 0 aromatic heterocycles. The molecule has 3 heteroatoms. The first-order chi connectivity index (χ1) is 7.66. The maximum Gasteiger partial charge on any atom is 0.222 e. The van der Waals surface area contributed by atoms with Crippen LogP contribution in [0.3, 0.4) is 0 Å². The molecule has 0 spiro atoms. The zero-order valence-electron chi connectivity index (χ0n) is 9.66. The van der Waals surface area contributed by atoms with E-state index in [1.807, 2.05) is 32.2 Å². The van der Waals surface area contributed by atoms with E-state index in [2.05, 4.69) is 16.4 Å². The summed E-state index contributed by atoms with van der Waals surface area (Å²) in [7, 11) is 0. The van der Waals surface area contributed by atoms with Crippen molar-refractivity contribution in [2.45, 2.75) is 26.8 Å². The third-order valence-corrected chi connectivity index (χ3v) is 2.68. The molecule has 1 heterocycles. The van der Waals surface area contributed by atoms with Crippen LogP contribution in [0.1, 0.15) is 25.0 Å². The van der Waals surface area contributed by atoms with Gasteiger partial charge in [-0.1, -0.05) is 26.0 Å². The Morgan fingerprint density at radius 2 is 2.31 bits per heavy atom. The fourth-order valence-corrected chi connectivity index (χ4v) is 1.67. The molecule has 1 N–H and O–H groups in total. The smallest absolute Gasteiger partial charge is 0.222 e. The van der Waals surface area contributed by atoms with Gasteiger partial charge in [0.1, 0.15) is 0 Å². The number of benzene rings is 1. The van der Waals surface area contributed by atoms with Crippen molar-refractivity contribution in [1.82, 2.24) is 5.32 Å². The van der Waals surface area contributed by atoms with Crippen molar-refractivity contribution < 1.29 is 4.79 Å². The molecule has 0 bridgehead atoms. The molecular weight excluding hydrogens is 200 g/mol. The van der Waals surface area contributed by atoms with Crippen LogP contribution in [0.15, 0.2) is 23.2 Å². The molecule has 2 rings (SSSR count). The van der Waals surface area contributed by atoms with E-state index in [0.29, 0.717) is 6.54 Å². The SMILES string of the molecule is CC(C)C(=O)NCc1ccc2c(c1)CC=N2. The number of nitrogens with zero attached hydrogens (tertiary/aromatic N) is 1. The van der Waals surface area contributed by atoms with Crippen molar-refractivity contribution in [1.29, 1.82) is 0 Å². The van der Waals surface area contributed by atoms with Crippen LogP contribution >= 0.6 is 0 Å². The normalized spacial score (nSPS) is 12.9. The summed E-state index contributed by atoms with van der Waals surface area (Å²) in [4.78, 5) is 15.7. The quantitative estimate of drug-likeness (QED) is 0.827. The van der Waals surface area contributed by atoms with Gasteiger partial charge in [0, 0.05) is 25.1 Å². The number of amides is 1. The van der Waals surface area contributed by atoms with Gasteiger partial charge in [-0.05, 0) is 17.2 Å². The van der Waals surface area contributed by atoms with E-state index in [0.717, 1.165) is 17.7 Å². The molecule has 0 saturated carbocycles. The topological polar surface area (TPSA) is 41.5 Å². The summed E-state index contributed by atoms with van der Waals surface area (Å²) >= 11 is 0. The van der Waals surface area contributed by atoms with Crippen molar-refractivity contribution in [3.05, 3.63) is 29.3 Å². The van der Waals surface area contributed by atoms with Crippen molar-refractivity contribution >= 4 is 17.8 Å². The Labute approximate surface area is 95.6 Å². The minimum absolute atomic E-state index is 0.0396. The monoisotopic (exact) mass is 216 g/mol. The number of hydrogen-bond donors (Lipinski definition) is 1. The van der Waals surface area contributed by atoms with Gasteiger partial charge in [-0.25, -0.2) is 0 Å². The molecule has 0 radical (unpaired) electrons. The molecule has 84 valence electrons. The van der Waals surface area contributed by atoms with Crippen LogP contribution < -0.4 is 5.32 Å². The molecule has 0 saturated heterocycles. The molecule has 1 aliphatic heterocycles. The van der Waals surface area contributed by atoms with Gasteiger partial charge < -0.3 is 5.32 Å². The average Bonchev–Trinajstić information content (AvgIpc) is 2.72. The van der Waals surface area contributed by atoms with Crippen molar-refractivity contribution in [3.63, 3.8) is 0 Å². The van der Waals surface area contributed by atoms with Gasteiger partial charge in [0.15, 0.2) is 0 Å². The Morgan fingerprint density at radius 1 is 1.50 bits per heavy atom. The van der Waals surface area contributed by atoms with Crippen LogP contribution in [-0.2, 0) is 17.8 Å². The van der Waals surface area contributed by atoms with Gasteiger partial charge >= 0.3 is 0 Å². The van der Waals surface area contributed by atoms with Crippen LogP contribution in [0.25, 0.3) is 0 Å². The second kappa shape index (κ2) is 4.47. The Balaban J connectivity index is 1.99. The highest BCUT2D eigenvalue weighted by Crippen LogP contribution is 2.24. The molecule has 1 aromatic rings. The highest BCUT2D eigenvalue weighted by molar-refractivity contribution is 5.78. The van der Waals surface area contributed by atoms with E-state index in [9.17, 15) is 4.79 Å². The number of aliphatic imine (C=N–C) groups is 1. The third kappa shape index (κ3) is 2.30. The summed E-state index contributed by atoms with van der Waals surface area (Å²) < 4.78 is 0. The zero-order chi connectivity index (χ0) is 11.5. The van der Waals surface area contributed by atoms with Gasteiger partial charge in [-0.3, -0.25) is 9.79 Å². The van der Waals surface area contributed by atoms with Gasteiger partial charge in [-0.2, -0.15) is 0 Å². The van der Waals surface area contributed by atoms with Crippen LogP contribution in [0, 0.1) is 5.92 Å². The lowest BCUT2D eigenvalue weighted by Crippen LogP contribution is -2.27. The number of carbonyl (C=O) groups is 1. The lowest BCUT2D eigenvalue weighted by molar-refractivity contribution is -0.124. The molecule has 0 atom stereocenters. The second-order valence-electron chi connectivity index (χ2n) is 4.35. The standard InChI is InChI=1S/C13H16N2O/c1-9(2)13(16)15-8-10-3-4-12-11(7-10)5-6-14-12/h3-4,6-7,9H,5,8H2,1-2H3,(H,15,16). The second-order valence-corrected chi connectivity index (χ2v) is 4.35. The maximum atomic E-state index is 11.4. The van der Waals surface area contributed by atoms with Gasteiger partial charge in [-0.15, -0.1) is 0 Å². The summed E-state index contributed by atoms with van der Waals surface area (Å²) in [6, 6.07) is 6.14. The Hall–Kier alpha value is -1.64. The summed E-state index contributed by atoms with van der Waals surface area (Å²) in [5, 5.41) is 2.91. The van der Waals surface area contributed by atoms with Crippen molar-refractivity contribution in [3.8, 4) is 0 Å². The largest absolute Gasteiger partial charge is 0.352 e. The minimum atomic E-state index is 0.0396. The van der Waals surface area contributed by atoms with Gasteiger partial charge in [0.25, 0.3) is 0 Å². The van der Waals surface area contributed by atoms with Crippen LogP contribution in [0.4, 0.5) is 5.69 Å². The fourth-order valence-electron chi connectivity index (χ4n) is 1.67. The first kappa shape index (κ1) is 10.9. The first-order valence-corrected chi connectivity index (χ1v) is 5.59. The van der Waals surface area contributed by atoms with Gasteiger partial charge in [0.2, 0.25) is 5.91 Å². The number of hydrogen-bond acceptors (Lipinski definition) is 2. The molecule has 1 aromatic carbocycles. The summed E-state index contributed by atoms with van der Waals surface area (Å²) in [6.07, 6.45) is 2.82. The maximum absolute atomic E-state index is 11.4. The first-order valence-electron chi connectivity index (χ1n) is 5.59. The number of fused-ring (bicyclic) bond motifs is 1. The van der Waals surface area contributed by atoms with E-state index >= 15 is 0 Å². The Kier molecular flexibility index (Phi) is 3.04.